The van der Waals surface area contributed by atoms with Crippen molar-refractivity contribution in [3.05, 3.63) is 119 Å². The van der Waals surface area contributed by atoms with Gasteiger partial charge < -0.3 is 18.3 Å². The van der Waals surface area contributed by atoms with Gasteiger partial charge >= 0.3 is 11.6 Å². The first kappa shape index (κ1) is 26.1. The zero-order valence-corrected chi connectivity index (χ0v) is 23.2. The Hall–Kier alpha value is -5.10. The molecule has 6 rings (SSSR count). The van der Waals surface area contributed by atoms with Gasteiger partial charge in [-0.3, -0.25) is 0 Å². The molecule has 0 radical (unpaired) electrons. The zero-order valence-electron chi connectivity index (χ0n) is 23.2. The fourth-order valence-corrected chi connectivity index (χ4v) is 4.91. The maximum absolute atomic E-state index is 13.4. The first-order chi connectivity index (χ1) is 19.7. The van der Waals surface area contributed by atoms with Crippen molar-refractivity contribution in [3.8, 4) is 33.9 Å². The number of para-hydroxylation sites is 1. The Balaban J connectivity index is 1.51. The lowest BCUT2D eigenvalue weighted by molar-refractivity contribution is 0.0735. The van der Waals surface area contributed by atoms with E-state index >= 15 is 0 Å². The molecule has 204 valence electrons. The van der Waals surface area contributed by atoms with Gasteiger partial charge in [0.1, 0.15) is 17.1 Å². The van der Waals surface area contributed by atoms with E-state index in [9.17, 15) is 9.59 Å². The number of benzene rings is 4. The molecular weight excluding hydrogens is 516 g/mol. The Morgan fingerprint density at radius 3 is 2.22 bits per heavy atom. The van der Waals surface area contributed by atoms with Gasteiger partial charge in [-0.1, -0.05) is 75.4 Å². The molecule has 0 fully saturated rings. The average Bonchev–Trinajstić information content (AvgIpc) is 3.41. The lowest BCUT2D eigenvalue weighted by Crippen LogP contribution is -2.13. The summed E-state index contributed by atoms with van der Waals surface area (Å²) < 4.78 is 23.3. The maximum atomic E-state index is 13.4. The summed E-state index contributed by atoms with van der Waals surface area (Å²) in [5, 5.41) is 1.39. The highest BCUT2D eigenvalue weighted by atomic mass is 16.5. The quantitative estimate of drug-likeness (QED) is 0.123. The van der Waals surface area contributed by atoms with Gasteiger partial charge in [-0.25, -0.2) is 9.59 Å². The number of methoxy groups -OCH3 is 1. The monoisotopic (exact) mass is 544 g/mol. The number of fused-ring (bicyclic) bond motifs is 2. The maximum Gasteiger partial charge on any atom is 0.343 e. The fraction of sp³-hybridized carbons (Fsp3) is 0.143. The largest absolute Gasteiger partial charge is 0.493 e. The topological polar surface area (TPSA) is 78.9 Å². The highest BCUT2D eigenvalue weighted by molar-refractivity contribution is 6.00. The van der Waals surface area contributed by atoms with Crippen LogP contribution in [0.3, 0.4) is 0 Å². The predicted molar refractivity (Wildman–Crippen MR) is 160 cm³/mol. The van der Waals surface area contributed by atoms with Crippen molar-refractivity contribution in [2.24, 2.45) is 0 Å². The van der Waals surface area contributed by atoms with E-state index in [4.69, 9.17) is 18.3 Å². The summed E-state index contributed by atoms with van der Waals surface area (Å²) >= 11 is 0. The molecule has 2 heterocycles. The number of rotatable bonds is 5. The van der Waals surface area contributed by atoms with Crippen LogP contribution in [0, 0.1) is 0 Å². The average molecular weight is 545 g/mol. The van der Waals surface area contributed by atoms with Crippen LogP contribution in [0.1, 0.15) is 36.7 Å². The molecule has 4 aromatic carbocycles. The molecule has 2 aromatic heterocycles. The smallest absolute Gasteiger partial charge is 0.343 e. The standard InChI is InChI=1S/C35H28O6/c1-35(2,3)24-15-13-22(14-16-24)34(37)41-30-19-26-27(29-17-23-11-8-12-28(38-4)33(23)40-29)20-32(36)39-31(26)18-25(30)21-9-6-5-7-10-21/h5-20H,1-4H3. The SMILES string of the molecule is COc1cccc2cc(-c3cc(=O)oc4cc(-c5ccccc5)c(OC(=O)c5ccc(C(C)(C)C)cc5)cc34)oc12. The minimum atomic E-state index is -0.525. The lowest BCUT2D eigenvalue weighted by atomic mass is 9.87. The summed E-state index contributed by atoms with van der Waals surface area (Å²) in [6, 6.07) is 29.2. The van der Waals surface area contributed by atoms with Crippen molar-refractivity contribution in [1.29, 1.82) is 0 Å². The fourth-order valence-electron chi connectivity index (χ4n) is 4.91. The van der Waals surface area contributed by atoms with E-state index in [1.807, 2.05) is 66.7 Å². The number of hydrogen-bond acceptors (Lipinski definition) is 6. The van der Waals surface area contributed by atoms with Crippen molar-refractivity contribution in [1.82, 2.24) is 0 Å². The van der Waals surface area contributed by atoms with Crippen LogP contribution in [0.2, 0.25) is 0 Å². The van der Waals surface area contributed by atoms with Gasteiger partial charge in [-0.2, -0.15) is 0 Å². The molecule has 0 atom stereocenters. The van der Waals surface area contributed by atoms with Gasteiger partial charge in [-0.05, 0) is 52.9 Å². The van der Waals surface area contributed by atoms with Gasteiger partial charge in [0.25, 0.3) is 0 Å². The molecule has 0 bridgehead atoms. The molecule has 0 saturated carbocycles. The highest BCUT2D eigenvalue weighted by Gasteiger charge is 2.21. The number of esters is 1. The van der Waals surface area contributed by atoms with E-state index in [1.165, 1.54) is 6.07 Å². The third-order valence-corrected chi connectivity index (χ3v) is 7.11. The molecule has 0 unspecified atom stereocenters. The molecule has 0 spiro atoms. The number of ether oxygens (including phenoxy) is 2. The normalized spacial score (nSPS) is 11.6. The van der Waals surface area contributed by atoms with Crippen molar-refractivity contribution in [3.63, 3.8) is 0 Å². The van der Waals surface area contributed by atoms with Crippen molar-refractivity contribution >= 4 is 27.9 Å². The summed E-state index contributed by atoms with van der Waals surface area (Å²) in [5.41, 5.74) is 3.83. The Kier molecular flexibility index (Phi) is 6.46. The zero-order chi connectivity index (χ0) is 28.7. The third kappa shape index (κ3) is 5.00. The van der Waals surface area contributed by atoms with E-state index in [0.29, 0.717) is 50.5 Å². The van der Waals surface area contributed by atoms with Crippen LogP contribution in [0.5, 0.6) is 11.5 Å². The molecule has 0 aliphatic heterocycles. The first-order valence-corrected chi connectivity index (χ1v) is 13.3. The number of carbonyl (C=O) groups excluding carboxylic acids is 1. The van der Waals surface area contributed by atoms with Crippen LogP contribution < -0.4 is 15.1 Å². The van der Waals surface area contributed by atoms with Crippen molar-refractivity contribution in [2.45, 2.75) is 26.2 Å². The van der Waals surface area contributed by atoms with Crippen LogP contribution in [-0.4, -0.2) is 13.1 Å². The molecule has 0 amide bonds. The highest BCUT2D eigenvalue weighted by Crippen LogP contribution is 2.40. The van der Waals surface area contributed by atoms with Gasteiger partial charge in [0.05, 0.1) is 12.7 Å². The Bertz CT molecular complexity index is 1960. The Morgan fingerprint density at radius 2 is 1.51 bits per heavy atom. The minimum Gasteiger partial charge on any atom is -0.493 e. The molecule has 0 N–H and O–H groups in total. The second-order valence-electron chi connectivity index (χ2n) is 10.9. The van der Waals surface area contributed by atoms with Gasteiger partial charge in [0, 0.05) is 28.0 Å². The van der Waals surface area contributed by atoms with E-state index < -0.39 is 11.6 Å². The van der Waals surface area contributed by atoms with E-state index in [1.54, 1.807) is 31.4 Å². The molecule has 0 aliphatic rings. The predicted octanol–water partition coefficient (Wildman–Crippen LogP) is 8.40. The summed E-state index contributed by atoms with van der Waals surface area (Å²) in [4.78, 5) is 26.1. The summed E-state index contributed by atoms with van der Waals surface area (Å²) in [7, 11) is 1.58. The summed E-state index contributed by atoms with van der Waals surface area (Å²) in [5.74, 6) is 0.885. The van der Waals surface area contributed by atoms with Gasteiger partial charge in [-0.15, -0.1) is 0 Å². The molecule has 6 nitrogen and oxygen atoms in total. The number of carbonyl (C=O) groups is 1. The van der Waals surface area contributed by atoms with Crippen LogP contribution >= 0.6 is 0 Å². The van der Waals surface area contributed by atoms with E-state index in [2.05, 4.69) is 20.8 Å². The second kappa shape index (κ2) is 10.1. The van der Waals surface area contributed by atoms with Crippen molar-refractivity contribution < 1.29 is 23.1 Å². The molecule has 6 heteroatoms. The lowest BCUT2D eigenvalue weighted by Gasteiger charge is -2.19. The van der Waals surface area contributed by atoms with Crippen LogP contribution in [0.25, 0.3) is 44.4 Å². The first-order valence-electron chi connectivity index (χ1n) is 13.3. The Morgan fingerprint density at radius 1 is 0.756 bits per heavy atom. The van der Waals surface area contributed by atoms with Crippen molar-refractivity contribution in [2.75, 3.05) is 7.11 Å². The summed E-state index contributed by atoms with van der Waals surface area (Å²) in [6.45, 7) is 6.36. The summed E-state index contributed by atoms with van der Waals surface area (Å²) in [6.07, 6.45) is 0. The molecule has 0 saturated heterocycles. The molecule has 6 aromatic rings. The van der Waals surface area contributed by atoms with E-state index in [-0.39, 0.29) is 5.41 Å². The van der Waals surface area contributed by atoms with E-state index in [0.717, 1.165) is 16.5 Å². The molecule has 41 heavy (non-hydrogen) atoms. The van der Waals surface area contributed by atoms with Gasteiger partial charge in [0.2, 0.25) is 0 Å². The third-order valence-electron chi connectivity index (χ3n) is 7.11. The van der Waals surface area contributed by atoms with Gasteiger partial charge in [0.15, 0.2) is 11.3 Å². The van der Waals surface area contributed by atoms with Crippen LogP contribution in [0.4, 0.5) is 0 Å². The Labute approximate surface area is 236 Å². The number of hydrogen-bond donors (Lipinski definition) is 0. The molecule has 0 aliphatic carbocycles. The number of furan rings is 1. The molecular formula is C35H28O6. The van der Waals surface area contributed by atoms with Crippen LogP contribution in [-0.2, 0) is 5.41 Å². The second-order valence-corrected chi connectivity index (χ2v) is 10.9. The van der Waals surface area contributed by atoms with Crippen LogP contribution in [0.15, 0.2) is 111 Å². The minimum absolute atomic E-state index is 0.0394.